The van der Waals surface area contributed by atoms with Gasteiger partial charge in [-0.1, -0.05) is 15.9 Å². The van der Waals surface area contributed by atoms with Crippen LogP contribution in [0, 0.1) is 0 Å². The number of primary amides is 1. The molecule has 0 bridgehead atoms. The van der Waals surface area contributed by atoms with Crippen LogP contribution in [0.15, 0.2) is 65.4 Å². The fourth-order valence-corrected chi connectivity index (χ4v) is 4.53. The van der Waals surface area contributed by atoms with Crippen LogP contribution < -0.4 is 16.0 Å². The van der Waals surface area contributed by atoms with Crippen molar-refractivity contribution in [3.8, 4) is 5.82 Å². The number of nitrogens with one attached hydrogen (secondary N) is 1. The zero-order chi connectivity index (χ0) is 22.1. The summed E-state index contributed by atoms with van der Waals surface area (Å²) >= 11 is 3.46. The Morgan fingerprint density at radius 1 is 1.03 bits per heavy atom. The first-order valence-corrected chi connectivity index (χ1v) is 11.4. The molecule has 3 heterocycles. The molecule has 0 saturated carbocycles. The van der Waals surface area contributed by atoms with Gasteiger partial charge in [0.05, 0.1) is 11.1 Å². The average molecular weight is 491 g/mol. The molecule has 162 valence electrons. The van der Waals surface area contributed by atoms with Gasteiger partial charge in [0.15, 0.2) is 0 Å². The monoisotopic (exact) mass is 490 g/mol. The lowest BCUT2D eigenvalue weighted by molar-refractivity contribution is 0.100. The second kappa shape index (κ2) is 8.63. The molecule has 7 nitrogen and oxygen atoms in total. The molecule has 4 aromatic rings. The molecule has 0 spiro atoms. The predicted molar refractivity (Wildman–Crippen MR) is 131 cm³/mol. The lowest BCUT2D eigenvalue weighted by atomic mass is 10.1. The number of benzene rings is 2. The molecule has 3 N–H and O–H groups in total. The Balaban J connectivity index is 1.42. The summed E-state index contributed by atoms with van der Waals surface area (Å²) < 4.78 is 2.73. The van der Waals surface area contributed by atoms with Crippen LogP contribution in [-0.2, 0) is 0 Å². The molecule has 0 atom stereocenters. The molecule has 0 unspecified atom stereocenters. The van der Waals surface area contributed by atoms with Crippen LogP contribution in [0.5, 0.6) is 0 Å². The number of fused-ring (bicyclic) bond motifs is 1. The molecule has 1 fully saturated rings. The zero-order valence-electron chi connectivity index (χ0n) is 17.5. The second-order valence-corrected chi connectivity index (χ2v) is 8.81. The number of nitrogens with zero attached hydrogens (tertiary/aromatic N) is 4. The van der Waals surface area contributed by atoms with Crippen LogP contribution in [0.25, 0.3) is 16.7 Å². The molecule has 2 aromatic carbocycles. The third-order valence-corrected chi connectivity index (χ3v) is 6.26. The Morgan fingerprint density at radius 2 is 1.81 bits per heavy atom. The maximum Gasteiger partial charge on any atom is 0.250 e. The van der Waals surface area contributed by atoms with E-state index < -0.39 is 5.91 Å². The number of anilines is 3. The van der Waals surface area contributed by atoms with Crippen molar-refractivity contribution in [3.63, 3.8) is 0 Å². The molecule has 0 radical (unpaired) electrons. The van der Waals surface area contributed by atoms with Crippen LogP contribution in [0.3, 0.4) is 0 Å². The minimum atomic E-state index is -0.479. The highest BCUT2D eigenvalue weighted by Crippen LogP contribution is 2.28. The Labute approximate surface area is 194 Å². The van der Waals surface area contributed by atoms with Gasteiger partial charge in [0.25, 0.3) is 5.91 Å². The van der Waals surface area contributed by atoms with E-state index in [-0.39, 0.29) is 0 Å². The van der Waals surface area contributed by atoms with Crippen LogP contribution in [0.1, 0.15) is 29.6 Å². The molecule has 8 heteroatoms. The van der Waals surface area contributed by atoms with Gasteiger partial charge in [-0.25, -0.2) is 4.98 Å². The van der Waals surface area contributed by atoms with Crippen LogP contribution in [-0.4, -0.2) is 33.5 Å². The van der Waals surface area contributed by atoms with Crippen molar-refractivity contribution < 1.29 is 4.79 Å². The summed E-state index contributed by atoms with van der Waals surface area (Å²) in [5.74, 6) is 0.646. The second-order valence-electron chi connectivity index (χ2n) is 7.90. The van der Waals surface area contributed by atoms with Gasteiger partial charge < -0.3 is 20.5 Å². The van der Waals surface area contributed by atoms with E-state index in [1.54, 1.807) is 18.5 Å². The van der Waals surface area contributed by atoms with E-state index >= 15 is 0 Å². The minimum Gasteiger partial charge on any atom is -0.372 e. The minimum absolute atomic E-state index is 0.447. The van der Waals surface area contributed by atoms with Crippen molar-refractivity contribution in [1.29, 1.82) is 0 Å². The molecule has 0 aliphatic carbocycles. The van der Waals surface area contributed by atoms with Gasteiger partial charge in [0.1, 0.15) is 5.82 Å². The van der Waals surface area contributed by atoms with Crippen LogP contribution in [0.2, 0.25) is 0 Å². The van der Waals surface area contributed by atoms with E-state index in [1.165, 1.54) is 24.9 Å². The first-order valence-electron chi connectivity index (χ1n) is 10.6. The highest BCUT2D eigenvalue weighted by molar-refractivity contribution is 9.10. The van der Waals surface area contributed by atoms with E-state index in [9.17, 15) is 4.79 Å². The fraction of sp³-hybridized carbons (Fsp3) is 0.208. The predicted octanol–water partition coefficient (Wildman–Crippen LogP) is 5.02. The number of nitrogens with two attached hydrogens (primary N) is 1. The number of aromatic nitrogens is 3. The summed E-state index contributed by atoms with van der Waals surface area (Å²) in [6.45, 7) is 2.24. The smallest absolute Gasteiger partial charge is 0.250 e. The molecule has 5 rings (SSSR count). The average Bonchev–Trinajstić information content (AvgIpc) is 3.19. The quantitative estimate of drug-likeness (QED) is 0.410. The van der Waals surface area contributed by atoms with Crippen molar-refractivity contribution in [2.24, 2.45) is 5.73 Å². The molecular weight excluding hydrogens is 468 g/mol. The summed E-state index contributed by atoms with van der Waals surface area (Å²) in [4.78, 5) is 23.4. The van der Waals surface area contributed by atoms with Gasteiger partial charge in [0, 0.05) is 46.7 Å². The molecule has 1 aliphatic heterocycles. The molecular formula is C24H23BrN6O. The third-order valence-electron chi connectivity index (χ3n) is 5.76. The van der Waals surface area contributed by atoms with Crippen LogP contribution >= 0.6 is 15.9 Å². The maximum absolute atomic E-state index is 12.0. The largest absolute Gasteiger partial charge is 0.372 e. The number of rotatable bonds is 5. The van der Waals surface area contributed by atoms with E-state index in [2.05, 4.69) is 48.2 Å². The lowest BCUT2D eigenvalue weighted by Crippen LogP contribution is -2.29. The Hall–Kier alpha value is -3.39. The molecule has 32 heavy (non-hydrogen) atoms. The van der Waals surface area contributed by atoms with Gasteiger partial charge in [-0.15, -0.1) is 0 Å². The Bertz CT molecular complexity index is 1280. The van der Waals surface area contributed by atoms with E-state index in [4.69, 9.17) is 5.73 Å². The van der Waals surface area contributed by atoms with Gasteiger partial charge in [-0.05, 0) is 67.8 Å². The third kappa shape index (κ3) is 4.05. The first-order chi connectivity index (χ1) is 15.6. The summed E-state index contributed by atoms with van der Waals surface area (Å²) in [5.41, 5.74) is 9.06. The molecule has 1 saturated heterocycles. The number of halogens is 1. The molecule has 1 aliphatic rings. The maximum atomic E-state index is 12.0. The standard InChI is InChI=1S/C24H23BrN6O/c25-16-4-9-21-19(14-16)20(23(26)32)15-31(21)22-10-11-27-24(29-22)28-17-5-7-18(8-6-17)30-12-2-1-3-13-30/h4-11,14-15H,1-3,12-13H2,(H2,26,32)(H,27,28,29). The number of carbonyl (C=O) groups is 1. The van der Waals surface area contributed by atoms with Gasteiger partial charge in [-0.3, -0.25) is 4.79 Å². The zero-order valence-corrected chi connectivity index (χ0v) is 19.0. The summed E-state index contributed by atoms with van der Waals surface area (Å²) in [7, 11) is 0. The molecule has 1 amide bonds. The van der Waals surface area contributed by atoms with Crippen molar-refractivity contribution in [2.45, 2.75) is 19.3 Å². The van der Waals surface area contributed by atoms with E-state index in [0.717, 1.165) is 34.2 Å². The Morgan fingerprint density at radius 3 is 2.56 bits per heavy atom. The topological polar surface area (TPSA) is 89.1 Å². The number of carbonyl (C=O) groups excluding carboxylic acids is 1. The Kier molecular flexibility index (Phi) is 5.53. The summed E-state index contributed by atoms with van der Waals surface area (Å²) in [6.07, 6.45) is 7.24. The fourth-order valence-electron chi connectivity index (χ4n) is 4.17. The highest BCUT2D eigenvalue weighted by atomic mass is 79.9. The number of hydrogen-bond donors (Lipinski definition) is 2. The number of piperidine rings is 1. The molecule has 2 aromatic heterocycles. The lowest BCUT2D eigenvalue weighted by Gasteiger charge is -2.28. The van der Waals surface area contributed by atoms with E-state index in [1.807, 2.05) is 34.9 Å². The van der Waals surface area contributed by atoms with Crippen molar-refractivity contribution in [3.05, 3.63) is 71.0 Å². The first kappa shape index (κ1) is 20.5. The van der Waals surface area contributed by atoms with Crippen molar-refractivity contribution in [2.75, 3.05) is 23.3 Å². The van der Waals surface area contributed by atoms with Gasteiger partial charge in [-0.2, -0.15) is 4.98 Å². The summed E-state index contributed by atoms with van der Waals surface area (Å²) in [5, 5.41) is 4.05. The normalized spacial score (nSPS) is 14.0. The summed E-state index contributed by atoms with van der Waals surface area (Å²) in [6, 6.07) is 15.9. The number of amides is 1. The SMILES string of the molecule is NC(=O)c1cn(-c2ccnc(Nc3ccc(N4CCCCC4)cc3)n2)c2ccc(Br)cc12. The van der Waals surface area contributed by atoms with Crippen molar-refractivity contribution in [1.82, 2.24) is 14.5 Å². The van der Waals surface area contributed by atoms with Gasteiger partial charge >= 0.3 is 0 Å². The van der Waals surface area contributed by atoms with E-state index in [0.29, 0.717) is 17.3 Å². The van der Waals surface area contributed by atoms with Crippen molar-refractivity contribution >= 4 is 50.1 Å². The number of hydrogen-bond acceptors (Lipinski definition) is 5. The van der Waals surface area contributed by atoms with Gasteiger partial charge in [0.2, 0.25) is 5.95 Å². The highest BCUT2D eigenvalue weighted by Gasteiger charge is 2.15. The van der Waals surface area contributed by atoms with Crippen LogP contribution in [0.4, 0.5) is 17.3 Å².